The standard InChI is InChI=1S/C28H23NO/c1-4-12-22(13-5-1)20-21-29-27-25-18-10-11-19-26(25)30-28(27,23-14-6-2-7-15-23)24-16-8-3-9-17-24/h1-19H,20-21H2. The van der Waals surface area contributed by atoms with E-state index in [1.807, 2.05) is 30.3 Å². The molecule has 30 heavy (non-hydrogen) atoms. The summed E-state index contributed by atoms with van der Waals surface area (Å²) in [6.07, 6.45) is 0.895. The van der Waals surface area contributed by atoms with Gasteiger partial charge in [-0.15, -0.1) is 0 Å². The zero-order valence-corrected chi connectivity index (χ0v) is 16.7. The third-order valence-corrected chi connectivity index (χ3v) is 5.61. The van der Waals surface area contributed by atoms with Gasteiger partial charge < -0.3 is 4.74 Å². The summed E-state index contributed by atoms with van der Waals surface area (Å²) in [5, 5.41) is 0. The van der Waals surface area contributed by atoms with E-state index in [1.165, 1.54) is 5.56 Å². The van der Waals surface area contributed by atoms with E-state index in [4.69, 9.17) is 9.73 Å². The fourth-order valence-electron chi connectivity index (χ4n) is 4.20. The Morgan fingerprint density at radius 1 is 0.600 bits per heavy atom. The van der Waals surface area contributed by atoms with E-state index < -0.39 is 5.60 Å². The van der Waals surface area contributed by atoms with E-state index in [0.29, 0.717) is 6.54 Å². The Bertz CT molecular complexity index is 1110. The van der Waals surface area contributed by atoms with Crippen molar-refractivity contribution >= 4 is 5.71 Å². The maximum absolute atomic E-state index is 6.75. The first-order valence-corrected chi connectivity index (χ1v) is 10.4. The van der Waals surface area contributed by atoms with Gasteiger partial charge in [0.05, 0.1) is 5.71 Å². The Morgan fingerprint density at radius 2 is 1.13 bits per heavy atom. The van der Waals surface area contributed by atoms with Gasteiger partial charge in [-0.05, 0) is 24.1 Å². The second-order valence-electron chi connectivity index (χ2n) is 7.48. The molecule has 1 aliphatic heterocycles. The van der Waals surface area contributed by atoms with Crippen LogP contribution in [0.5, 0.6) is 5.75 Å². The molecule has 0 radical (unpaired) electrons. The highest BCUT2D eigenvalue weighted by molar-refractivity contribution is 6.13. The van der Waals surface area contributed by atoms with Gasteiger partial charge in [0.2, 0.25) is 5.60 Å². The van der Waals surface area contributed by atoms with Crippen molar-refractivity contribution in [3.05, 3.63) is 138 Å². The second kappa shape index (κ2) is 8.00. The van der Waals surface area contributed by atoms with Crippen LogP contribution in [0.4, 0.5) is 0 Å². The molecule has 2 heteroatoms. The van der Waals surface area contributed by atoms with Crippen LogP contribution >= 0.6 is 0 Å². The van der Waals surface area contributed by atoms with Crippen molar-refractivity contribution in [2.45, 2.75) is 12.0 Å². The lowest BCUT2D eigenvalue weighted by Gasteiger charge is -2.31. The molecule has 5 rings (SSSR count). The molecule has 0 bridgehead atoms. The SMILES string of the molecule is c1ccc(CCN=C2c3ccccc3OC2(c2ccccc2)c2ccccc2)cc1. The zero-order valence-electron chi connectivity index (χ0n) is 16.7. The van der Waals surface area contributed by atoms with Gasteiger partial charge in [-0.25, -0.2) is 0 Å². The minimum atomic E-state index is -0.747. The number of fused-ring (bicyclic) bond motifs is 1. The molecule has 0 unspecified atom stereocenters. The molecule has 1 aliphatic rings. The number of para-hydroxylation sites is 1. The van der Waals surface area contributed by atoms with E-state index >= 15 is 0 Å². The van der Waals surface area contributed by atoms with Crippen molar-refractivity contribution in [1.82, 2.24) is 0 Å². The summed E-state index contributed by atoms with van der Waals surface area (Å²) < 4.78 is 6.75. The van der Waals surface area contributed by atoms with Crippen molar-refractivity contribution < 1.29 is 4.74 Å². The smallest absolute Gasteiger partial charge is 0.201 e. The minimum absolute atomic E-state index is 0.707. The van der Waals surface area contributed by atoms with E-state index in [2.05, 4.69) is 84.9 Å². The summed E-state index contributed by atoms with van der Waals surface area (Å²) in [6.45, 7) is 0.707. The maximum atomic E-state index is 6.75. The fourth-order valence-corrected chi connectivity index (χ4v) is 4.20. The maximum Gasteiger partial charge on any atom is 0.201 e. The van der Waals surface area contributed by atoms with Gasteiger partial charge in [-0.3, -0.25) is 4.99 Å². The predicted molar refractivity (Wildman–Crippen MR) is 122 cm³/mol. The van der Waals surface area contributed by atoms with Crippen LogP contribution in [0.1, 0.15) is 22.3 Å². The molecule has 0 amide bonds. The Hall–Kier alpha value is -3.65. The number of hydrogen-bond donors (Lipinski definition) is 0. The lowest BCUT2D eigenvalue weighted by atomic mass is 9.81. The molecule has 4 aromatic carbocycles. The molecule has 4 aromatic rings. The highest BCUT2D eigenvalue weighted by Gasteiger charge is 2.48. The quantitative estimate of drug-likeness (QED) is 0.407. The largest absolute Gasteiger partial charge is 0.471 e. The van der Waals surface area contributed by atoms with Gasteiger partial charge >= 0.3 is 0 Å². The molecule has 0 spiro atoms. The van der Waals surface area contributed by atoms with E-state index in [1.54, 1.807) is 0 Å². The molecule has 146 valence electrons. The van der Waals surface area contributed by atoms with Crippen molar-refractivity contribution in [2.75, 3.05) is 6.54 Å². The third-order valence-electron chi connectivity index (χ3n) is 5.61. The summed E-state index contributed by atoms with van der Waals surface area (Å²) in [6, 6.07) is 39.6. The van der Waals surface area contributed by atoms with Gasteiger partial charge in [0.15, 0.2) is 0 Å². The average molecular weight is 389 g/mol. The Morgan fingerprint density at radius 3 is 1.77 bits per heavy atom. The number of hydrogen-bond acceptors (Lipinski definition) is 2. The van der Waals surface area contributed by atoms with Crippen molar-refractivity contribution in [3.63, 3.8) is 0 Å². The summed E-state index contributed by atoms with van der Waals surface area (Å²) in [7, 11) is 0. The van der Waals surface area contributed by atoms with Crippen LogP contribution in [0, 0.1) is 0 Å². The molecule has 0 fully saturated rings. The van der Waals surface area contributed by atoms with E-state index in [0.717, 1.165) is 34.6 Å². The molecule has 0 saturated heterocycles. The summed E-state index contributed by atoms with van der Waals surface area (Å²) >= 11 is 0. The van der Waals surface area contributed by atoms with Gasteiger partial charge in [0.25, 0.3) is 0 Å². The van der Waals surface area contributed by atoms with E-state index in [9.17, 15) is 0 Å². The van der Waals surface area contributed by atoms with Crippen LogP contribution in [-0.2, 0) is 12.0 Å². The highest BCUT2D eigenvalue weighted by Crippen LogP contribution is 2.46. The molecule has 0 N–H and O–H groups in total. The van der Waals surface area contributed by atoms with Crippen molar-refractivity contribution in [1.29, 1.82) is 0 Å². The highest BCUT2D eigenvalue weighted by atomic mass is 16.5. The molecule has 1 heterocycles. The molecule has 0 aromatic heterocycles. The summed E-state index contributed by atoms with van der Waals surface area (Å²) in [5.74, 6) is 0.878. The number of ether oxygens (including phenoxy) is 1. The summed E-state index contributed by atoms with van der Waals surface area (Å²) in [4.78, 5) is 5.16. The van der Waals surface area contributed by atoms with Crippen LogP contribution < -0.4 is 4.74 Å². The Labute approximate surface area is 177 Å². The third kappa shape index (κ3) is 3.21. The van der Waals surface area contributed by atoms with Crippen molar-refractivity contribution in [2.24, 2.45) is 4.99 Å². The summed E-state index contributed by atoms with van der Waals surface area (Å²) in [5.41, 5.74) is 4.77. The minimum Gasteiger partial charge on any atom is -0.471 e. The normalized spacial score (nSPS) is 15.5. The first-order valence-electron chi connectivity index (χ1n) is 10.4. The van der Waals surface area contributed by atoms with Gasteiger partial charge in [0, 0.05) is 23.2 Å². The Balaban J connectivity index is 1.65. The molecular weight excluding hydrogens is 366 g/mol. The lowest BCUT2D eigenvalue weighted by molar-refractivity contribution is 0.200. The monoisotopic (exact) mass is 389 g/mol. The average Bonchev–Trinajstić information content (AvgIpc) is 3.16. The van der Waals surface area contributed by atoms with E-state index in [-0.39, 0.29) is 0 Å². The van der Waals surface area contributed by atoms with Crippen molar-refractivity contribution in [3.8, 4) is 5.75 Å². The van der Waals surface area contributed by atoms with Crippen LogP contribution in [0.3, 0.4) is 0 Å². The second-order valence-corrected chi connectivity index (χ2v) is 7.48. The van der Waals surface area contributed by atoms with Gasteiger partial charge in [-0.2, -0.15) is 0 Å². The molecule has 0 aliphatic carbocycles. The molecule has 0 atom stereocenters. The van der Waals surface area contributed by atoms with Gasteiger partial charge in [-0.1, -0.05) is 103 Å². The van der Waals surface area contributed by atoms with Gasteiger partial charge in [0.1, 0.15) is 5.75 Å². The molecule has 0 saturated carbocycles. The lowest BCUT2D eigenvalue weighted by Crippen LogP contribution is -2.39. The number of aliphatic imine (C=N–C) groups is 1. The van der Waals surface area contributed by atoms with Crippen LogP contribution in [-0.4, -0.2) is 12.3 Å². The number of nitrogens with zero attached hydrogens (tertiary/aromatic N) is 1. The zero-order chi connectivity index (χ0) is 20.2. The molecular formula is C28H23NO. The first-order chi connectivity index (χ1) is 14.9. The Kier molecular flexibility index (Phi) is 4.90. The molecule has 2 nitrogen and oxygen atoms in total. The number of rotatable bonds is 5. The topological polar surface area (TPSA) is 21.6 Å². The predicted octanol–water partition coefficient (Wildman–Crippen LogP) is 6.05. The fraction of sp³-hybridized carbons (Fsp3) is 0.107. The number of benzene rings is 4. The first kappa shape index (κ1) is 18.4. The van der Waals surface area contributed by atoms with Crippen LogP contribution in [0.15, 0.2) is 120 Å². The van der Waals surface area contributed by atoms with Crippen LogP contribution in [0.25, 0.3) is 0 Å². The van der Waals surface area contributed by atoms with Crippen LogP contribution in [0.2, 0.25) is 0 Å².